The van der Waals surface area contributed by atoms with Crippen molar-refractivity contribution in [1.29, 1.82) is 0 Å². The number of carbonyl (C=O) groups excluding carboxylic acids is 1. The van der Waals surface area contributed by atoms with Gasteiger partial charge in [-0.1, -0.05) is 29.3 Å². The van der Waals surface area contributed by atoms with E-state index < -0.39 is 21.6 Å². The summed E-state index contributed by atoms with van der Waals surface area (Å²) in [5.74, 6) is -0.261. The number of nitrogens with one attached hydrogen (secondary N) is 2. The van der Waals surface area contributed by atoms with Crippen LogP contribution in [-0.2, 0) is 10.0 Å². The number of thiophene rings is 1. The first-order chi connectivity index (χ1) is 15.1. The zero-order valence-electron chi connectivity index (χ0n) is 15.7. The van der Waals surface area contributed by atoms with Crippen molar-refractivity contribution in [3.8, 4) is 11.7 Å². The fraction of sp³-hybridized carbons (Fsp3) is 0. The van der Waals surface area contributed by atoms with Crippen LogP contribution in [0.4, 0.5) is 10.5 Å². The van der Waals surface area contributed by atoms with Crippen LogP contribution in [0.3, 0.4) is 0 Å². The number of aromatic hydroxyl groups is 1. The molecule has 0 aliphatic carbocycles. The Kier molecular flexibility index (Phi) is 5.82. The van der Waals surface area contributed by atoms with Gasteiger partial charge >= 0.3 is 6.03 Å². The predicted molar refractivity (Wildman–Crippen MR) is 123 cm³/mol. The molecule has 0 unspecified atom stereocenters. The Bertz CT molecular complexity index is 1520. The second-order valence-electron chi connectivity index (χ2n) is 6.40. The smallest absolute Gasteiger partial charge is 0.333 e. The number of nitrogens with zero attached hydrogens (tertiary/aromatic N) is 2. The number of hydrogen-bond acceptors (Lipinski definition) is 7. The van der Waals surface area contributed by atoms with Gasteiger partial charge in [0.2, 0.25) is 5.88 Å². The summed E-state index contributed by atoms with van der Waals surface area (Å²) in [5, 5.41) is 14.2. The molecule has 4 rings (SSSR count). The highest BCUT2D eigenvalue weighted by Gasteiger charge is 2.20. The average Bonchev–Trinajstić information content (AvgIpc) is 3.17. The molecule has 3 N–H and O–H groups in total. The summed E-state index contributed by atoms with van der Waals surface area (Å²) >= 11 is 12.5. The van der Waals surface area contributed by atoms with E-state index in [4.69, 9.17) is 23.2 Å². The van der Waals surface area contributed by atoms with Crippen molar-refractivity contribution < 1.29 is 18.3 Å². The molecule has 0 aliphatic rings. The van der Waals surface area contributed by atoms with Crippen LogP contribution < -0.4 is 15.6 Å². The van der Waals surface area contributed by atoms with Crippen molar-refractivity contribution in [2.24, 2.45) is 0 Å². The fourth-order valence-corrected chi connectivity index (χ4v) is 5.42. The quantitative estimate of drug-likeness (QED) is 0.380. The molecule has 0 spiro atoms. The maximum atomic E-state index is 12.5. The van der Waals surface area contributed by atoms with Crippen molar-refractivity contribution in [3.63, 3.8) is 0 Å². The maximum absolute atomic E-state index is 12.5. The second kappa shape index (κ2) is 8.43. The van der Waals surface area contributed by atoms with E-state index >= 15 is 0 Å². The number of anilines is 1. The van der Waals surface area contributed by atoms with Gasteiger partial charge in [-0.2, -0.15) is 0 Å². The van der Waals surface area contributed by atoms with Crippen molar-refractivity contribution in [1.82, 2.24) is 14.3 Å². The fourth-order valence-electron chi connectivity index (χ4n) is 2.86. The number of amides is 2. The monoisotopic (exact) mass is 510 g/mol. The third-order valence-corrected chi connectivity index (χ3v) is 7.53. The molecule has 164 valence electrons. The Balaban J connectivity index is 1.56. The highest BCUT2D eigenvalue weighted by atomic mass is 35.5. The zero-order chi connectivity index (χ0) is 23.0. The van der Waals surface area contributed by atoms with E-state index in [-0.39, 0.29) is 25.9 Å². The summed E-state index contributed by atoms with van der Waals surface area (Å²) in [6.07, 6.45) is 1.21. The lowest BCUT2D eigenvalue weighted by atomic mass is 10.1. The van der Waals surface area contributed by atoms with E-state index in [1.807, 2.05) is 4.72 Å². The maximum Gasteiger partial charge on any atom is 0.333 e. The molecule has 3 aromatic heterocycles. The minimum absolute atomic E-state index is 0.0844. The zero-order valence-corrected chi connectivity index (χ0v) is 18.9. The van der Waals surface area contributed by atoms with E-state index in [1.165, 1.54) is 42.6 Å². The first kappa shape index (κ1) is 22.1. The molecule has 3 heterocycles. The largest absolute Gasteiger partial charge is 0.494 e. The van der Waals surface area contributed by atoms with Gasteiger partial charge < -0.3 is 10.4 Å². The lowest BCUT2D eigenvalue weighted by Gasteiger charge is -2.11. The van der Waals surface area contributed by atoms with Crippen LogP contribution in [0, 0.1) is 0 Å². The molecule has 0 fully saturated rings. The summed E-state index contributed by atoms with van der Waals surface area (Å²) < 4.78 is 27.4. The van der Waals surface area contributed by atoms with Gasteiger partial charge in [0.1, 0.15) is 10.0 Å². The normalized spacial score (nSPS) is 11.4. The van der Waals surface area contributed by atoms with Gasteiger partial charge in [0.05, 0.1) is 16.2 Å². The molecular formula is C19H12Cl2N4O5S2. The van der Waals surface area contributed by atoms with Crippen LogP contribution in [-0.4, -0.2) is 29.1 Å². The Labute approximate surface area is 194 Å². The van der Waals surface area contributed by atoms with Crippen molar-refractivity contribution in [3.05, 3.63) is 74.4 Å². The van der Waals surface area contributed by atoms with Gasteiger partial charge in [-0.25, -0.2) is 27.5 Å². The first-order valence-corrected chi connectivity index (χ1v) is 11.8. The molecule has 0 saturated heterocycles. The molecule has 0 radical (unpaired) electrons. The number of benzene rings is 1. The third-order valence-electron chi connectivity index (χ3n) is 4.24. The van der Waals surface area contributed by atoms with Gasteiger partial charge in [0.15, 0.2) is 0 Å². The minimum atomic E-state index is -4.08. The molecule has 2 amide bonds. The van der Waals surface area contributed by atoms with Gasteiger partial charge in [0.25, 0.3) is 15.6 Å². The molecule has 0 bridgehead atoms. The number of sulfonamides is 1. The topological polar surface area (TPSA) is 130 Å². The summed E-state index contributed by atoms with van der Waals surface area (Å²) in [6, 6.07) is 10.5. The molecule has 4 aromatic rings. The van der Waals surface area contributed by atoms with E-state index in [0.717, 1.165) is 15.9 Å². The van der Waals surface area contributed by atoms with Crippen molar-refractivity contribution in [2.45, 2.75) is 4.21 Å². The van der Waals surface area contributed by atoms with Gasteiger partial charge in [-0.15, -0.1) is 11.3 Å². The molecule has 9 nitrogen and oxygen atoms in total. The lowest BCUT2D eigenvalue weighted by Crippen LogP contribution is -2.34. The highest BCUT2D eigenvalue weighted by Crippen LogP contribution is 2.28. The highest BCUT2D eigenvalue weighted by molar-refractivity contribution is 7.92. The number of halogens is 2. The lowest BCUT2D eigenvalue weighted by molar-refractivity contribution is 0.256. The predicted octanol–water partition coefficient (Wildman–Crippen LogP) is 3.97. The summed E-state index contributed by atoms with van der Waals surface area (Å²) in [6.45, 7) is 0. The molecule has 1 aromatic carbocycles. The first-order valence-electron chi connectivity index (χ1n) is 8.74. The molecular weight excluding hydrogens is 499 g/mol. The van der Waals surface area contributed by atoms with Gasteiger partial charge in [-0.05, 0) is 41.8 Å². The third kappa shape index (κ3) is 4.41. The van der Waals surface area contributed by atoms with Crippen molar-refractivity contribution in [2.75, 3.05) is 5.32 Å². The van der Waals surface area contributed by atoms with Crippen molar-refractivity contribution >= 4 is 67.1 Å². The molecule has 0 atom stereocenters. The van der Waals surface area contributed by atoms with E-state index in [2.05, 4.69) is 10.3 Å². The average molecular weight is 511 g/mol. The van der Waals surface area contributed by atoms with E-state index in [1.54, 1.807) is 12.1 Å². The second-order valence-corrected chi connectivity index (χ2v) is 10.5. The Morgan fingerprint density at radius 3 is 2.53 bits per heavy atom. The number of pyridine rings is 2. The molecule has 0 saturated carbocycles. The number of fused-ring (bicyclic) bond motifs is 1. The molecule has 13 heteroatoms. The number of rotatable bonds is 4. The van der Waals surface area contributed by atoms with Crippen LogP contribution >= 0.6 is 34.5 Å². The van der Waals surface area contributed by atoms with Crippen LogP contribution in [0.5, 0.6) is 5.88 Å². The summed E-state index contributed by atoms with van der Waals surface area (Å²) in [4.78, 5) is 28.6. The molecule has 32 heavy (non-hydrogen) atoms. The summed E-state index contributed by atoms with van der Waals surface area (Å²) in [5.41, 5.74) is -0.369. The van der Waals surface area contributed by atoms with E-state index in [0.29, 0.717) is 15.8 Å². The SMILES string of the molecule is O=C(Nc1ccc(-n2c(O)c3cc(Cl)ccc3cc2=O)nc1)NS(=O)(=O)c1ccc(Cl)s1. The van der Waals surface area contributed by atoms with Crippen LogP contribution in [0.25, 0.3) is 16.6 Å². The standard InChI is InChI=1S/C19H12Cl2N4O5S2/c20-11-2-1-10-7-16(26)25(18(27)13(10)8-11)15-5-3-12(9-22-15)23-19(28)24-32(29,30)17-6-4-14(21)31-17/h1-9,27H,(H2,23,24,28). The van der Waals surface area contributed by atoms with Gasteiger partial charge in [-0.3, -0.25) is 4.79 Å². The summed E-state index contributed by atoms with van der Waals surface area (Å²) in [7, 11) is -4.08. The Morgan fingerprint density at radius 2 is 1.88 bits per heavy atom. The number of aromatic nitrogens is 2. The number of hydrogen-bond donors (Lipinski definition) is 3. The Morgan fingerprint density at radius 1 is 1.09 bits per heavy atom. The van der Waals surface area contributed by atoms with E-state index in [9.17, 15) is 23.1 Å². The van der Waals surface area contributed by atoms with Gasteiger partial charge in [0, 0.05) is 16.5 Å². The van der Waals surface area contributed by atoms with Crippen LogP contribution in [0.2, 0.25) is 9.36 Å². The molecule has 0 aliphatic heterocycles. The number of carbonyl (C=O) groups is 1. The Hall–Kier alpha value is -3.12. The van der Waals surface area contributed by atoms with Crippen LogP contribution in [0.15, 0.2) is 63.7 Å². The number of urea groups is 1. The minimum Gasteiger partial charge on any atom is -0.494 e. The van der Waals surface area contributed by atoms with Crippen LogP contribution in [0.1, 0.15) is 0 Å².